The Labute approximate surface area is 168 Å². The number of benzene rings is 1. The van der Waals surface area contributed by atoms with Crippen molar-refractivity contribution in [3.63, 3.8) is 0 Å². The lowest BCUT2D eigenvalue weighted by molar-refractivity contribution is -0.126. The number of aryl methyl sites for hydroxylation is 2. The van der Waals surface area contributed by atoms with Crippen LogP contribution in [-0.2, 0) is 14.8 Å². The monoisotopic (exact) mass is 420 g/mol. The number of nitrogens with zero attached hydrogens (tertiary/aromatic N) is 3. The fourth-order valence-corrected chi connectivity index (χ4v) is 5.24. The average molecular weight is 420 g/mol. The van der Waals surface area contributed by atoms with Crippen molar-refractivity contribution < 1.29 is 22.1 Å². The SMILES string of the molecule is Cc1noc(C)c1S(=O)(=O)N1CCC(C(=O)NC(C#N)c2ccccc2F)CC1. The van der Waals surface area contributed by atoms with Crippen LogP contribution in [0.2, 0.25) is 0 Å². The average Bonchev–Trinajstić information content (AvgIpc) is 3.05. The number of carbonyl (C=O) groups excluding carboxylic acids is 1. The number of carbonyl (C=O) groups is 1. The highest BCUT2D eigenvalue weighted by Crippen LogP contribution is 2.28. The van der Waals surface area contributed by atoms with Gasteiger partial charge in [-0.1, -0.05) is 23.4 Å². The number of amides is 1. The zero-order valence-electron chi connectivity index (χ0n) is 16.1. The molecular formula is C19H21FN4O4S. The van der Waals surface area contributed by atoms with Gasteiger partial charge in [0.1, 0.15) is 22.4 Å². The largest absolute Gasteiger partial charge is 0.360 e. The minimum Gasteiger partial charge on any atom is -0.360 e. The molecule has 1 fully saturated rings. The highest BCUT2D eigenvalue weighted by Gasteiger charge is 2.36. The Balaban J connectivity index is 1.65. The van der Waals surface area contributed by atoms with E-state index in [4.69, 9.17) is 4.52 Å². The Hall–Kier alpha value is -2.77. The fraction of sp³-hybridized carbons (Fsp3) is 0.421. The van der Waals surface area contributed by atoms with Crippen LogP contribution in [0.3, 0.4) is 0 Å². The summed E-state index contributed by atoms with van der Waals surface area (Å²) in [6.07, 6.45) is 0.591. The predicted molar refractivity (Wildman–Crippen MR) is 100 cm³/mol. The van der Waals surface area contributed by atoms with Crippen LogP contribution in [0.4, 0.5) is 4.39 Å². The number of sulfonamides is 1. The number of nitriles is 1. The molecular weight excluding hydrogens is 399 g/mol. The maximum Gasteiger partial charge on any atom is 0.248 e. The molecule has 1 amide bonds. The molecule has 0 saturated carbocycles. The highest BCUT2D eigenvalue weighted by molar-refractivity contribution is 7.89. The predicted octanol–water partition coefficient (Wildman–Crippen LogP) is 2.21. The van der Waals surface area contributed by atoms with Crippen molar-refractivity contribution in [3.05, 3.63) is 47.1 Å². The lowest BCUT2D eigenvalue weighted by Crippen LogP contribution is -2.43. The van der Waals surface area contributed by atoms with E-state index in [-0.39, 0.29) is 29.3 Å². The Morgan fingerprint density at radius 2 is 2.00 bits per heavy atom. The summed E-state index contributed by atoms with van der Waals surface area (Å²) in [4.78, 5) is 12.6. The van der Waals surface area contributed by atoms with Gasteiger partial charge in [0.15, 0.2) is 5.76 Å². The van der Waals surface area contributed by atoms with Gasteiger partial charge >= 0.3 is 0 Å². The topological polar surface area (TPSA) is 116 Å². The van der Waals surface area contributed by atoms with Crippen LogP contribution in [0.15, 0.2) is 33.7 Å². The van der Waals surface area contributed by atoms with Crippen molar-refractivity contribution >= 4 is 15.9 Å². The summed E-state index contributed by atoms with van der Waals surface area (Å²) in [6.45, 7) is 3.41. The first-order valence-electron chi connectivity index (χ1n) is 9.13. The van der Waals surface area contributed by atoms with E-state index in [1.807, 2.05) is 6.07 Å². The summed E-state index contributed by atoms with van der Waals surface area (Å²) in [7, 11) is -3.76. The molecule has 0 aliphatic carbocycles. The summed E-state index contributed by atoms with van der Waals surface area (Å²) >= 11 is 0. The molecule has 2 heterocycles. The zero-order chi connectivity index (χ0) is 21.2. The van der Waals surface area contributed by atoms with Crippen molar-refractivity contribution in [1.29, 1.82) is 5.26 Å². The van der Waals surface area contributed by atoms with Gasteiger partial charge in [-0.2, -0.15) is 9.57 Å². The van der Waals surface area contributed by atoms with E-state index in [0.29, 0.717) is 18.5 Å². The third-order valence-electron chi connectivity index (χ3n) is 5.02. The number of halogens is 1. The maximum absolute atomic E-state index is 13.9. The Morgan fingerprint density at radius 1 is 1.34 bits per heavy atom. The molecule has 2 aromatic rings. The van der Waals surface area contributed by atoms with Crippen LogP contribution in [0.5, 0.6) is 0 Å². The van der Waals surface area contributed by atoms with E-state index < -0.39 is 33.7 Å². The van der Waals surface area contributed by atoms with Crippen LogP contribution in [0, 0.1) is 36.9 Å². The smallest absolute Gasteiger partial charge is 0.248 e. The van der Waals surface area contributed by atoms with E-state index >= 15 is 0 Å². The van der Waals surface area contributed by atoms with Crippen molar-refractivity contribution in [2.75, 3.05) is 13.1 Å². The molecule has 10 heteroatoms. The lowest BCUT2D eigenvalue weighted by atomic mass is 9.96. The molecule has 1 aromatic heterocycles. The second kappa shape index (κ2) is 8.31. The second-order valence-electron chi connectivity index (χ2n) is 6.92. The van der Waals surface area contributed by atoms with E-state index in [2.05, 4.69) is 10.5 Å². The van der Waals surface area contributed by atoms with Gasteiger partial charge in [0.2, 0.25) is 15.9 Å². The van der Waals surface area contributed by atoms with Gasteiger partial charge < -0.3 is 9.84 Å². The minimum atomic E-state index is -3.76. The van der Waals surface area contributed by atoms with Crippen LogP contribution >= 0.6 is 0 Å². The molecule has 0 spiro atoms. The van der Waals surface area contributed by atoms with E-state index in [1.54, 1.807) is 13.0 Å². The quantitative estimate of drug-likeness (QED) is 0.793. The summed E-state index contributed by atoms with van der Waals surface area (Å²) in [6, 6.07) is 6.56. The third-order valence-corrected chi connectivity index (χ3v) is 7.17. The van der Waals surface area contributed by atoms with Gasteiger partial charge in [-0.3, -0.25) is 4.79 Å². The second-order valence-corrected chi connectivity index (χ2v) is 8.80. The van der Waals surface area contributed by atoms with Crippen molar-refractivity contribution in [2.45, 2.75) is 37.6 Å². The highest BCUT2D eigenvalue weighted by atomic mass is 32.2. The lowest BCUT2D eigenvalue weighted by Gasteiger charge is -2.30. The minimum absolute atomic E-state index is 0.0597. The fourth-order valence-electron chi connectivity index (χ4n) is 3.48. The van der Waals surface area contributed by atoms with Gasteiger partial charge in [-0.05, 0) is 32.8 Å². The van der Waals surface area contributed by atoms with Crippen LogP contribution < -0.4 is 5.32 Å². The first-order chi connectivity index (χ1) is 13.8. The van der Waals surface area contributed by atoms with Gasteiger partial charge in [-0.15, -0.1) is 0 Å². The number of nitrogens with one attached hydrogen (secondary N) is 1. The van der Waals surface area contributed by atoms with E-state index in [0.717, 1.165) is 0 Å². The van der Waals surface area contributed by atoms with Crippen molar-refractivity contribution in [1.82, 2.24) is 14.8 Å². The van der Waals surface area contributed by atoms with Gasteiger partial charge in [0.25, 0.3) is 0 Å². The van der Waals surface area contributed by atoms with Crippen LogP contribution in [0.25, 0.3) is 0 Å². The molecule has 3 rings (SSSR count). The molecule has 1 aromatic carbocycles. The molecule has 29 heavy (non-hydrogen) atoms. The van der Waals surface area contributed by atoms with Gasteiger partial charge in [-0.25, -0.2) is 12.8 Å². The summed E-state index contributed by atoms with van der Waals surface area (Å²) in [5.41, 5.74) is 0.394. The molecule has 0 bridgehead atoms. The first-order valence-corrected chi connectivity index (χ1v) is 10.6. The Bertz CT molecular complexity index is 1030. The Kier molecular flexibility index (Phi) is 6.00. The standard InChI is InChI=1S/C19H21FN4O4S/c1-12-18(13(2)28-23-12)29(26,27)24-9-7-14(8-10-24)19(25)22-17(11-21)15-5-3-4-6-16(15)20/h3-6,14,17H,7-10H2,1-2H3,(H,22,25). The third kappa shape index (κ3) is 4.16. The van der Waals surface area contributed by atoms with Crippen LogP contribution in [-0.4, -0.2) is 36.9 Å². The normalized spacial score (nSPS) is 16.9. The molecule has 1 aliphatic rings. The molecule has 1 N–H and O–H groups in total. The molecule has 1 aliphatic heterocycles. The van der Waals surface area contributed by atoms with E-state index in [1.165, 1.54) is 29.4 Å². The van der Waals surface area contributed by atoms with Crippen LogP contribution in [0.1, 0.15) is 35.9 Å². The number of hydrogen-bond acceptors (Lipinski definition) is 6. The summed E-state index contributed by atoms with van der Waals surface area (Å²) < 4.78 is 45.9. The molecule has 0 radical (unpaired) electrons. The maximum atomic E-state index is 13.9. The molecule has 1 atom stereocenters. The zero-order valence-corrected chi connectivity index (χ0v) is 16.9. The number of hydrogen-bond donors (Lipinski definition) is 1. The van der Waals surface area contributed by atoms with Gasteiger partial charge in [0, 0.05) is 24.6 Å². The van der Waals surface area contributed by atoms with Gasteiger partial charge in [0.05, 0.1) is 6.07 Å². The number of piperidine rings is 1. The number of aromatic nitrogens is 1. The summed E-state index contributed by atoms with van der Waals surface area (Å²) in [5, 5.41) is 15.6. The molecule has 8 nitrogen and oxygen atoms in total. The van der Waals surface area contributed by atoms with Crippen molar-refractivity contribution in [2.24, 2.45) is 5.92 Å². The molecule has 1 unspecified atom stereocenters. The molecule has 1 saturated heterocycles. The number of rotatable bonds is 5. The Morgan fingerprint density at radius 3 is 2.55 bits per heavy atom. The summed E-state index contributed by atoms with van der Waals surface area (Å²) in [5.74, 6) is -1.20. The van der Waals surface area contributed by atoms with E-state index in [9.17, 15) is 22.9 Å². The first kappa shape index (κ1) is 21.0. The van der Waals surface area contributed by atoms with Crippen molar-refractivity contribution in [3.8, 4) is 6.07 Å². The molecule has 154 valence electrons.